The van der Waals surface area contributed by atoms with E-state index >= 15 is 0 Å². The number of aromatic nitrogens is 1. The fourth-order valence-electron chi connectivity index (χ4n) is 4.15. The minimum Gasteiger partial charge on any atom is -0.333 e. The average molecular weight is 411 g/mol. The van der Waals surface area contributed by atoms with Crippen LogP contribution in [-0.4, -0.2) is 41.9 Å². The number of benzene rings is 1. The summed E-state index contributed by atoms with van der Waals surface area (Å²) in [4.78, 5) is 42.1. The van der Waals surface area contributed by atoms with E-state index in [0.717, 1.165) is 37.3 Å². The standard InChI is InChI=1S/C21H23N5O4/c1-14-2-4-16(5-3-14)25-20(27)12-18(21(25)28)23-15-8-10-24(11-9-15)19-7-6-17(13-22-19)26(29)30/h2-7,13,15,18,23H,8-12H2,1H3/p+2/t18-/m0/s1. The molecule has 3 N–H and O–H groups in total. The number of aryl methyl sites for hydroxylation is 1. The van der Waals surface area contributed by atoms with Crippen LogP contribution in [0.4, 0.5) is 17.2 Å². The maximum Gasteiger partial charge on any atom is 0.308 e. The van der Waals surface area contributed by atoms with Crippen molar-refractivity contribution in [3.63, 3.8) is 0 Å². The molecule has 2 aliphatic rings. The number of nitrogens with two attached hydrogens (primary N) is 1. The van der Waals surface area contributed by atoms with Crippen LogP contribution >= 0.6 is 0 Å². The largest absolute Gasteiger partial charge is 0.333 e. The van der Waals surface area contributed by atoms with Gasteiger partial charge in [0.25, 0.3) is 11.7 Å². The number of amides is 2. The molecule has 1 atom stereocenters. The van der Waals surface area contributed by atoms with Gasteiger partial charge >= 0.3 is 5.69 Å². The van der Waals surface area contributed by atoms with Crippen LogP contribution in [0.5, 0.6) is 0 Å². The Morgan fingerprint density at radius 1 is 1.10 bits per heavy atom. The zero-order valence-corrected chi connectivity index (χ0v) is 16.8. The number of aromatic amines is 1. The number of nitrogens with one attached hydrogen (secondary N) is 1. The van der Waals surface area contributed by atoms with Crippen molar-refractivity contribution in [2.75, 3.05) is 22.9 Å². The molecule has 2 aliphatic heterocycles. The highest BCUT2D eigenvalue weighted by atomic mass is 16.6. The Hall–Kier alpha value is -3.33. The molecule has 0 spiro atoms. The fraction of sp³-hybridized carbons (Fsp3) is 0.381. The lowest BCUT2D eigenvalue weighted by molar-refractivity contribution is -0.709. The minimum absolute atomic E-state index is 0.0320. The molecule has 0 bridgehead atoms. The van der Waals surface area contributed by atoms with Gasteiger partial charge in [0.1, 0.15) is 0 Å². The zero-order chi connectivity index (χ0) is 21.3. The molecular weight excluding hydrogens is 386 g/mol. The Labute approximate surface area is 173 Å². The number of hydrogen-bond donors (Lipinski definition) is 1. The van der Waals surface area contributed by atoms with Crippen LogP contribution in [0.3, 0.4) is 0 Å². The third-order valence-electron chi connectivity index (χ3n) is 5.85. The molecule has 3 heterocycles. The predicted molar refractivity (Wildman–Crippen MR) is 109 cm³/mol. The molecule has 0 aliphatic carbocycles. The molecule has 9 heteroatoms. The lowest BCUT2D eigenvalue weighted by atomic mass is 10.0. The minimum atomic E-state index is -0.429. The number of rotatable bonds is 5. The lowest BCUT2D eigenvalue weighted by Gasteiger charge is -2.27. The molecule has 9 nitrogen and oxygen atoms in total. The number of pyridine rings is 1. The summed E-state index contributed by atoms with van der Waals surface area (Å²) in [6.45, 7) is 3.53. The number of carbonyl (C=O) groups is 2. The summed E-state index contributed by atoms with van der Waals surface area (Å²) in [6, 6.07) is 10.5. The molecular formula is C21H25N5O4+2. The number of quaternary nitrogens is 1. The van der Waals surface area contributed by atoms with Gasteiger partial charge in [0, 0.05) is 25.0 Å². The summed E-state index contributed by atoms with van der Waals surface area (Å²) >= 11 is 0. The summed E-state index contributed by atoms with van der Waals surface area (Å²) in [5.41, 5.74) is 1.75. The third-order valence-corrected chi connectivity index (χ3v) is 5.85. The summed E-state index contributed by atoms with van der Waals surface area (Å²) < 4.78 is 0. The zero-order valence-electron chi connectivity index (χ0n) is 16.8. The van der Waals surface area contributed by atoms with Gasteiger partial charge in [0.2, 0.25) is 5.91 Å². The van der Waals surface area contributed by atoms with Gasteiger partial charge in [0.15, 0.2) is 12.2 Å². The highest BCUT2D eigenvalue weighted by Crippen LogP contribution is 2.23. The van der Waals surface area contributed by atoms with Gasteiger partial charge in [-0.2, -0.15) is 0 Å². The number of nitro groups is 1. The molecule has 2 saturated heterocycles. The maximum absolute atomic E-state index is 12.9. The first-order chi connectivity index (χ1) is 14.4. The van der Waals surface area contributed by atoms with Crippen LogP contribution in [0.25, 0.3) is 0 Å². The second kappa shape index (κ2) is 8.19. The van der Waals surface area contributed by atoms with Crippen LogP contribution in [0.1, 0.15) is 24.8 Å². The molecule has 1 aromatic carbocycles. The molecule has 156 valence electrons. The van der Waals surface area contributed by atoms with Gasteiger partial charge < -0.3 is 5.32 Å². The van der Waals surface area contributed by atoms with Crippen molar-refractivity contribution >= 4 is 29.0 Å². The highest BCUT2D eigenvalue weighted by molar-refractivity contribution is 6.21. The molecule has 0 radical (unpaired) electrons. The maximum atomic E-state index is 12.9. The quantitative estimate of drug-likeness (QED) is 0.439. The van der Waals surface area contributed by atoms with Gasteiger partial charge in [-0.05, 0) is 19.1 Å². The number of piperidine rings is 1. The van der Waals surface area contributed by atoms with Crippen LogP contribution < -0.4 is 20.1 Å². The van der Waals surface area contributed by atoms with E-state index in [9.17, 15) is 19.7 Å². The van der Waals surface area contributed by atoms with Gasteiger partial charge in [0.05, 0.1) is 36.2 Å². The molecule has 2 amide bonds. The number of H-pyrrole nitrogens is 1. The van der Waals surface area contributed by atoms with Gasteiger partial charge in [-0.1, -0.05) is 17.7 Å². The van der Waals surface area contributed by atoms with E-state index in [2.05, 4.69) is 9.88 Å². The van der Waals surface area contributed by atoms with E-state index in [1.54, 1.807) is 6.07 Å². The topological polar surface area (TPSA) is 115 Å². The molecule has 0 unspecified atom stereocenters. The Bertz CT molecular complexity index is 952. The number of nitrogens with zero attached hydrogens (tertiary/aromatic N) is 3. The van der Waals surface area contributed by atoms with E-state index in [4.69, 9.17) is 0 Å². The smallest absolute Gasteiger partial charge is 0.308 e. The summed E-state index contributed by atoms with van der Waals surface area (Å²) in [5, 5.41) is 12.8. The van der Waals surface area contributed by atoms with Crippen LogP contribution in [0.2, 0.25) is 0 Å². The van der Waals surface area contributed by atoms with Gasteiger partial charge in [-0.15, -0.1) is 0 Å². The second-order valence-electron chi connectivity index (χ2n) is 7.92. The van der Waals surface area contributed by atoms with Gasteiger partial charge in [-0.25, -0.2) is 9.88 Å². The molecule has 2 aromatic rings. The SMILES string of the molecule is Cc1ccc(N2C(=O)C[C@H]([NH2+]C3CCN(c4ccc([N+](=O)[O-])c[nH+]4)CC3)C2=O)cc1. The molecule has 30 heavy (non-hydrogen) atoms. The Kier molecular flexibility index (Phi) is 5.45. The van der Waals surface area contributed by atoms with Crippen molar-refractivity contribution in [2.24, 2.45) is 0 Å². The second-order valence-corrected chi connectivity index (χ2v) is 7.92. The average Bonchev–Trinajstić information content (AvgIpc) is 3.02. The van der Waals surface area contributed by atoms with E-state index < -0.39 is 4.92 Å². The van der Waals surface area contributed by atoms with Crippen LogP contribution in [-0.2, 0) is 9.59 Å². The molecule has 4 rings (SSSR count). The number of hydrogen-bond acceptors (Lipinski definition) is 5. The summed E-state index contributed by atoms with van der Waals surface area (Å²) in [7, 11) is 0. The Balaban J connectivity index is 1.34. The van der Waals surface area contributed by atoms with E-state index in [1.807, 2.05) is 36.5 Å². The van der Waals surface area contributed by atoms with E-state index in [1.165, 1.54) is 17.2 Å². The monoisotopic (exact) mass is 411 g/mol. The first-order valence-corrected chi connectivity index (χ1v) is 10.1. The van der Waals surface area contributed by atoms with Gasteiger partial charge in [-0.3, -0.25) is 24.6 Å². The van der Waals surface area contributed by atoms with Crippen molar-refractivity contribution in [1.29, 1.82) is 0 Å². The number of imide groups is 1. The van der Waals surface area contributed by atoms with Crippen molar-refractivity contribution in [2.45, 2.75) is 38.3 Å². The van der Waals surface area contributed by atoms with Crippen molar-refractivity contribution in [3.8, 4) is 0 Å². The molecule has 0 saturated carbocycles. The van der Waals surface area contributed by atoms with Crippen molar-refractivity contribution < 1.29 is 24.8 Å². The molecule has 1 aromatic heterocycles. The Morgan fingerprint density at radius 3 is 2.40 bits per heavy atom. The van der Waals surface area contributed by atoms with Crippen LogP contribution in [0.15, 0.2) is 42.6 Å². The molecule has 2 fully saturated rings. The van der Waals surface area contributed by atoms with E-state index in [0.29, 0.717) is 5.69 Å². The number of anilines is 2. The van der Waals surface area contributed by atoms with Crippen molar-refractivity contribution in [1.82, 2.24) is 0 Å². The van der Waals surface area contributed by atoms with Crippen LogP contribution in [0, 0.1) is 17.0 Å². The Morgan fingerprint density at radius 2 is 1.80 bits per heavy atom. The summed E-state index contributed by atoms with van der Waals surface area (Å²) in [5.74, 6) is 0.551. The van der Waals surface area contributed by atoms with E-state index in [-0.39, 0.29) is 36.0 Å². The fourth-order valence-corrected chi connectivity index (χ4v) is 4.15. The number of carbonyl (C=O) groups excluding carboxylic acids is 2. The first-order valence-electron chi connectivity index (χ1n) is 10.1. The summed E-state index contributed by atoms with van der Waals surface area (Å²) in [6.07, 6.45) is 3.36. The normalized spacial score (nSPS) is 20.1. The third kappa shape index (κ3) is 4.02. The highest BCUT2D eigenvalue weighted by Gasteiger charge is 2.44. The lowest BCUT2D eigenvalue weighted by Crippen LogP contribution is -2.97. The predicted octanol–water partition coefficient (Wildman–Crippen LogP) is 0.582. The van der Waals surface area contributed by atoms with Crippen molar-refractivity contribution in [3.05, 3.63) is 58.3 Å². The first kappa shape index (κ1) is 20.0.